The van der Waals surface area contributed by atoms with Crippen molar-refractivity contribution in [2.75, 3.05) is 13.2 Å². The van der Waals surface area contributed by atoms with Gasteiger partial charge in [0, 0.05) is 31.4 Å². The van der Waals surface area contributed by atoms with Crippen LogP contribution in [0.15, 0.2) is 52.8 Å². The maximum atomic E-state index is 13.3. The number of halogens is 5. The quantitative estimate of drug-likeness (QED) is 0.319. The van der Waals surface area contributed by atoms with E-state index in [1.807, 2.05) is 0 Å². The maximum Gasteiger partial charge on any atom is 0.453 e. The maximum absolute atomic E-state index is 13.3. The molecule has 1 aliphatic heterocycles. The number of nitroso groups, excluding NO2 is 1. The fraction of sp³-hybridized carbons (Fsp3) is 0.429. The van der Waals surface area contributed by atoms with Gasteiger partial charge in [0.2, 0.25) is 0 Å². The standard InChI is InChI=1S/C21H20F5N3O5S/c22-20(23,21(24,25)26)8-7-14-1-3-15(4-2-14)17-6-5-16(13-27-17)35(32,33)19(18(30)28-29-31)9-11-34-12-10-19/h1-6,13H,7-12H2,(H,28,30,31). The van der Waals surface area contributed by atoms with Gasteiger partial charge in [0.05, 0.1) is 15.9 Å². The monoisotopic (exact) mass is 521 g/mol. The van der Waals surface area contributed by atoms with Crippen LogP contribution in [0.2, 0.25) is 0 Å². The molecule has 0 saturated carbocycles. The number of carbonyl (C=O) groups excluding carboxylic acids is 1. The molecular formula is C21H20F5N3O5S. The molecule has 1 amide bonds. The first kappa shape index (κ1) is 26.6. The zero-order chi connectivity index (χ0) is 25.9. The molecule has 0 radical (unpaired) electrons. The molecule has 190 valence electrons. The van der Waals surface area contributed by atoms with E-state index in [-0.39, 0.29) is 36.5 Å². The Balaban J connectivity index is 1.79. The molecule has 1 aliphatic rings. The number of carbonyl (C=O) groups is 1. The van der Waals surface area contributed by atoms with Crippen LogP contribution < -0.4 is 5.43 Å². The topological polar surface area (TPSA) is 115 Å². The lowest BCUT2D eigenvalue weighted by Crippen LogP contribution is -2.54. The van der Waals surface area contributed by atoms with Crippen LogP contribution in [0.3, 0.4) is 0 Å². The van der Waals surface area contributed by atoms with E-state index in [4.69, 9.17) is 4.74 Å². The van der Waals surface area contributed by atoms with Crippen LogP contribution in [0.25, 0.3) is 11.3 Å². The average molecular weight is 521 g/mol. The van der Waals surface area contributed by atoms with Crippen molar-refractivity contribution in [3.05, 3.63) is 53.1 Å². The highest BCUT2D eigenvalue weighted by Gasteiger charge is 2.56. The second-order valence-corrected chi connectivity index (χ2v) is 10.2. The van der Waals surface area contributed by atoms with Crippen molar-refractivity contribution in [3.63, 3.8) is 0 Å². The summed E-state index contributed by atoms with van der Waals surface area (Å²) in [6, 6.07) is 8.27. The second-order valence-electron chi connectivity index (χ2n) is 7.92. The molecule has 0 aliphatic carbocycles. The number of rotatable bonds is 8. The molecule has 1 aromatic heterocycles. The number of aromatic nitrogens is 1. The van der Waals surface area contributed by atoms with Crippen molar-refractivity contribution < 1.29 is 39.9 Å². The first-order valence-corrected chi connectivity index (χ1v) is 11.8. The van der Waals surface area contributed by atoms with Gasteiger partial charge in [-0.25, -0.2) is 13.8 Å². The summed E-state index contributed by atoms with van der Waals surface area (Å²) in [6.45, 7) is -0.0312. The molecule has 2 aromatic rings. The number of nitrogens with one attached hydrogen (secondary N) is 1. The van der Waals surface area contributed by atoms with Crippen LogP contribution in [0, 0.1) is 4.91 Å². The summed E-state index contributed by atoms with van der Waals surface area (Å²) in [4.78, 5) is 26.8. The largest absolute Gasteiger partial charge is 0.453 e. The van der Waals surface area contributed by atoms with Gasteiger partial charge in [0.15, 0.2) is 14.6 Å². The average Bonchev–Trinajstić information content (AvgIpc) is 2.83. The lowest BCUT2D eigenvalue weighted by atomic mass is 9.98. The first-order chi connectivity index (χ1) is 16.3. The molecular weight excluding hydrogens is 501 g/mol. The van der Waals surface area contributed by atoms with Crippen molar-refractivity contribution in [2.45, 2.75) is 47.4 Å². The molecule has 1 saturated heterocycles. The van der Waals surface area contributed by atoms with Gasteiger partial charge in [-0.3, -0.25) is 9.78 Å². The van der Waals surface area contributed by atoms with Crippen molar-refractivity contribution in [1.82, 2.24) is 10.4 Å². The molecule has 2 heterocycles. The molecule has 8 nitrogen and oxygen atoms in total. The van der Waals surface area contributed by atoms with E-state index in [0.717, 1.165) is 6.20 Å². The Kier molecular flexibility index (Phi) is 7.55. The summed E-state index contributed by atoms with van der Waals surface area (Å²) < 4.78 is 93.0. The van der Waals surface area contributed by atoms with Crippen LogP contribution in [-0.4, -0.2) is 49.4 Å². The summed E-state index contributed by atoms with van der Waals surface area (Å²) in [7, 11) is -4.30. The Morgan fingerprint density at radius 2 is 1.69 bits per heavy atom. The van der Waals surface area contributed by atoms with Crippen molar-refractivity contribution in [3.8, 4) is 11.3 Å². The van der Waals surface area contributed by atoms with Gasteiger partial charge in [-0.1, -0.05) is 24.3 Å². The summed E-state index contributed by atoms with van der Waals surface area (Å²) in [5, 5.41) is 2.29. The summed E-state index contributed by atoms with van der Waals surface area (Å²) in [5.41, 5.74) is 2.69. The fourth-order valence-electron chi connectivity index (χ4n) is 3.68. The molecule has 0 spiro atoms. The summed E-state index contributed by atoms with van der Waals surface area (Å²) in [6.07, 6.45) is -6.84. The number of hydrogen-bond acceptors (Lipinski definition) is 7. The van der Waals surface area contributed by atoms with E-state index in [1.54, 1.807) is 5.43 Å². The predicted octanol–water partition coefficient (Wildman–Crippen LogP) is 4.00. The molecule has 1 fully saturated rings. The highest BCUT2D eigenvalue weighted by molar-refractivity contribution is 7.93. The first-order valence-electron chi connectivity index (χ1n) is 10.3. The van der Waals surface area contributed by atoms with E-state index in [2.05, 4.69) is 10.3 Å². The number of nitrogens with zero attached hydrogens (tertiary/aromatic N) is 2. The third-order valence-electron chi connectivity index (χ3n) is 5.81. The lowest BCUT2D eigenvalue weighted by molar-refractivity contribution is -0.284. The summed E-state index contributed by atoms with van der Waals surface area (Å²) in [5.74, 6) is -5.86. The molecule has 1 N–H and O–H groups in total. The van der Waals surface area contributed by atoms with Crippen LogP contribution in [0.5, 0.6) is 0 Å². The van der Waals surface area contributed by atoms with E-state index < -0.39 is 45.4 Å². The van der Waals surface area contributed by atoms with Gasteiger partial charge in [-0.15, -0.1) is 4.91 Å². The third-order valence-corrected chi connectivity index (χ3v) is 8.30. The Bertz CT molecular complexity index is 1160. The van der Waals surface area contributed by atoms with E-state index in [0.29, 0.717) is 11.3 Å². The smallest absolute Gasteiger partial charge is 0.381 e. The van der Waals surface area contributed by atoms with E-state index in [9.17, 15) is 40.1 Å². The van der Waals surface area contributed by atoms with E-state index in [1.165, 1.54) is 36.4 Å². The zero-order valence-electron chi connectivity index (χ0n) is 18.0. The highest BCUT2D eigenvalue weighted by atomic mass is 32.2. The molecule has 0 atom stereocenters. The Morgan fingerprint density at radius 1 is 1.06 bits per heavy atom. The fourth-order valence-corrected chi connectivity index (χ4v) is 5.57. The Hall–Kier alpha value is -3.00. The van der Waals surface area contributed by atoms with Gasteiger partial charge in [-0.05, 0) is 37.0 Å². The molecule has 1 aromatic carbocycles. The number of ether oxygens (including phenoxy) is 1. The summed E-state index contributed by atoms with van der Waals surface area (Å²) >= 11 is 0. The number of pyridine rings is 1. The number of amides is 1. The molecule has 0 bridgehead atoms. The Labute approximate surface area is 196 Å². The van der Waals surface area contributed by atoms with Gasteiger partial charge in [0.25, 0.3) is 5.91 Å². The van der Waals surface area contributed by atoms with Gasteiger partial charge >= 0.3 is 12.1 Å². The lowest BCUT2D eigenvalue weighted by Gasteiger charge is -2.33. The zero-order valence-corrected chi connectivity index (χ0v) is 18.8. The number of alkyl halides is 5. The van der Waals surface area contributed by atoms with Crippen LogP contribution in [0.4, 0.5) is 22.0 Å². The number of benzene rings is 1. The predicted molar refractivity (Wildman–Crippen MR) is 113 cm³/mol. The minimum absolute atomic E-state index is 0.0156. The second kappa shape index (κ2) is 9.93. The van der Waals surface area contributed by atoms with Crippen LogP contribution in [-0.2, 0) is 25.8 Å². The van der Waals surface area contributed by atoms with Gasteiger partial charge < -0.3 is 4.74 Å². The number of aryl methyl sites for hydroxylation is 1. The number of sulfone groups is 1. The molecule has 14 heteroatoms. The normalized spacial score (nSPS) is 16.5. The van der Waals surface area contributed by atoms with Gasteiger partial charge in [0.1, 0.15) is 0 Å². The number of hydrogen-bond donors (Lipinski definition) is 1. The van der Waals surface area contributed by atoms with Crippen molar-refractivity contribution >= 4 is 15.7 Å². The van der Waals surface area contributed by atoms with Crippen molar-refractivity contribution in [2.24, 2.45) is 5.29 Å². The van der Waals surface area contributed by atoms with Crippen molar-refractivity contribution in [1.29, 1.82) is 0 Å². The molecule has 0 unspecified atom stereocenters. The van der Waals surface area contributed by atoms with Crippen LogP contribution in [0.1, 0.15) is 24.8 Å². The molecule has 3 rings (SSSR count). The third kappa shape index (κ3) is 5.32. The molecule has 35 heavy (non-hydrogen) atoms. The minimum atomic E-state index is -5.62. The van der Waals surface area contributed by atoms with Crippen LogP contribution >= 0.6 is 0 Å². The SMILES string of the molecule is O=NNC(=O)C1(S(=O)(=O)c2ccc(-c3ccc(CCC(F)(F)C(F)(F)F)cc3)nc2)CCOCC1. The van der Waals surface area contributed by atoms with E-state index >= 15 is 0 Å². The highest BCUT2D eigenvalue weighted by Crippen LogP contribution is 2.39. The minimum Gasteiger partial charge on any atom is -0.381 e. The Morgan fingerprint density at radius 3 is 2.20 bits per heavy atom. The van der Waals surface area contributed by atoms with Gasteiger partial charge in [-0.2, -0.15) is 22.0 Å².